The largest absolute Gasteiger partial charge is 0.463 e. The Morgan fingerprint density at radius 3 is 2.59 bits per heavy atom. The number of hydrogen-bond donors (Lipinski definition) is 1. The van der Waals surface area contributed by atoms with Gasteiger partial charge in [-0.2, -0.15) is 0 Å². The third-order valence-electron chi connectivity index (χ3n) is 5.00. The molecule has 3 rings (SSSR count). The molecule has 2 aliphatic rings. The van der Waals surface area contributed by atoms with E-state index < -0.39 is 12.0 Å². The lowest BCUT2D eigenvalue weighted by Crippen LogP contribution is -2.51. The minimum absolute atomic E-state index is 0.237. The first-order chi connectivity index (χ1) is 14.0. The molecule has 1 fully saturated rings. The SMILES string of the molecule is CCOC(=O)C1=C(CN2CCOCC2)N(CC)C(=O)NC1c1ccc(Cl)c(Cl)c1. The highest BCUT2D eigenvalue weighted by atomic mass is 35.5. The Balaban J connectivity index is 2.09. The average Bonchev–Trinajstić information content (AvgIpc) is 2.71. The predicted octanol–water partition coefficient (Wildman–Crippen LogP) is 3.23. The number of nitrogens with zero attached hydrogens (tertiary/aromatic N) is 2. The molecular weight excluding hydrogens is 417 g/mol. The van der Waals surface area contributed by atoms with Gasteiger partial charge in [0.1, 0.15) is 0 Å². The van der Waals surface area contributed by atoms with Gasteiger partial charge in [0.25, 0.3) is 0 Å². The molecule has 1 atom stereocenters. The summed E-state index contributed by atoms with van der Waals surface area (Å²) < 4.78 is 10.8. The number of likely N-dealkylation sites (N-methyl/N-ethyl adjacent to an activating group) is 1. The Morgan fingerprint density at radius 2 is 1.97 bits per heavy atom. The molecule has 7 nitrogen and oxygen atoms in total. The Hall–Kier alpha value is -1.80. The summed E-state index contributed by atoms with van der Waals surface area (Å²) in [6, 6.07) is 4.14. The number of benzene rings is 1. The number of ether oxygens (including phenoxy) is 2. The highest BCUT2D eigenvalue weighted by Crippen LogP contribution is 2.34. The summed E-state index contributed by atoms with van der Waals surface area (Å²) in [6.07, 6.45) is 0. The Labute approximate surface area is 180 Å². The van der Waals surface area contributed by atoms with Crippen LogP contribution in [-0.2, 0) is 14.3 Å². The quantitative estimate of drug-likeness (QED) is 0.686. The third kappa shape index (κ3) is 4.86. The highest BCUT2D eigenvalue weighted by molar-refractivity contribution is 6.42. The van der Waals surface area contributed by atoms with Crippen molar-refractivity contribution in [1.29, 1.82) is 0 Å². The molecule has 0 aliphatic carbocycles. The first-order valence-electron chi connectivity index (χ1n) is 9.69. The van der Waals surface area contributed by atoms with Gasteiger partial charge >= 0.3 is 12.0 Å². The number of nitrogens with one attached hydrogen (secondary N) is 1. The zero-order valence-electron chi connectivity index (χ0n) is 16.5. The third-order valence-corrected chi connectivity index (χ3v) is 5.74. The zero-order chi connectivity index (χ0) is 21.0. The fourth-order valence-electron chi connectivity index (χ4n) is 3.57. The van der Waals surface area contributed by atoms with Crippen LogP contribution in [0.25, 0.3) is 0 Å². The zero-order valence-corrected chi connectivity index (χ0v) is 18.1. The van der Waals surface area contributed by atoms with Gasteiger partial charge in [0.2, 0.25) is 0 Å². The molecule has 1 unspecified atom stereocenters. The van der Waals surface area contributed by atoms with Gasteiger partial charge in [-0.05, 0) is 31.5 Å². The van der Waals surface area contributed by atoms with Crippen LogP contribution in [0.3, 0.4) is 0 Å². The van der Waals surface area contributed by atoms with Crippen LogP contribution in [0.2, 0.25) is 10.0 Å². The van der Waals surface area contributed by atoms with E-state index in [0.29, 0.717) is 53.2 Å². The molecule has 1 aromatic carbocycles. The van der Waals surface area contributed by atoms with E-state index in [4.69, 9.17) is 32.7 Å². The normalized spacial score (nSPS) is 20.6. The predicted molar refractivity (Wildman–Crippen MR) is 111 cm³/mol. The lowest BCUT2D eigenvalue weighted by molar-refractivity contribution is -0.139. The van der Waals surface area contributed by atoms with Crippen molar-refractivity contribution in [3.63, 3.8) is 0 Å². The second-order valence-electron chi connectivity index (χ2n) is 6.77. The van der Waals surface area contributed by atoms with E-state index >= 15 is 0 Å². The summed E-state index contributed by atoms with van der Waals surface area (Å²) in [5, 5.41) is 3.68. The van der Waals surface area contributed by atoms with Gasteiger partial charge in [-0.25, -0.2) is 9.59 Å². The van der Waals surface area contributed by atoms with Gasteiger partial charge < -0.3 is 14.8 Å². The molecule has 0 aromatic heterocycles. The van der Waals surface area contributed by atoms with E-state index in [-0.39, 0.29) is 12.6 Å². The van der Waals surface area contributed by atoms with Gasteiger partial charge in [-0.15, -0.1) is 0 Å². The molecule has 0 radical (unpaired) electrons. The van der Waals surface area contributed by atoms with Crippen molar-refractivity contribution in [1.82, 2.24) is 15.1 Å². The van der Waals surface area contributed by atoms with Crippen molar-refractivity contribution >= 4 is 35.2 Å². The Kier molecular flexibility index (Phi) is 7.40. The van der Waals surface area contributed by atoms with Crippen LogP contribution in [0, 0.1) is 0 Å². The number of rotatable bonds is 6. The summed E-state index contributed by atoms with van der Waals surface area (Å²) in [5.74, 6) is -0.453. The summed E-state index contributed by atoms with van der Waals surface area (Å²) in [4.78, 5) is 29.6. The number of carbonyl (C=O) groups excluding carboxylic acids is 2. The van der Waals surface area contributed by atoms with Crippen molar-refractivity contribution in [3.05, 3.63) is 45.1 Å². The van der Waals surface area contributed by atoms with Crippen molar-refractivity contribution in [2.45, 2.75) is 19.9 Å². The van der Waals surface area contributed by atoms with Crippen LogP contribution in [0.5, 0.6) is 0 Å². The standard InChI is InChI=1S/C20H25Cl2N3O4/c1-3-25-16(12-24-7-9-28-10-8-24)17(19(26)29-4-2)18(23-20(25)27)13-5-6-14(21)15(22)11-13/h5-6,11,18H,3-4,7-10,12H2,1-2H3,(H,23,27). The maximum atomic E-state index is 13.0. The number of halogens is 2. The molecule has 1 saturated heterocycles. The second-order valence-corrected chi connectivity index (χ2v) is 7.58. The summed E-state index contributed by atoms with van der Waals surface area (Å²) >= 11 is 12.2. The molecule has 0 bridgehead atoms. The summed E-state index contributed by atoms with van der Waals surface area (Å²) in [5.41, 5.74) is 1.73. The molecule has 2 heterocycles. The second kappa shape index (κ2) is 9.80. The maximum absolute atomic E-state index is 13.0. The van der Waals surface area contributed by atoms with Gasteiger partial charge in [0.15, 0.2) is 0 Å². The van der Waals surface area contributed by atoms with Crippen LogP contribution < -0.4 is 5.32 Å². The fourth-order valence-corrected chi connectivity index (χ4v) is 3.88. The Morgan fingerprint density at radius 1 is 1.24 bits per heavy atom. The van der Waals surface area contributed by atoms with E-state index in [1.165, 1.54) is 0 Å². The first kappa shape index (κ1) is 21.9. The number of hydrogen-bond acceptors (Lipinski definition) is 5. The van der Waals surface area contributed by atoms with Crippen molar-refractivity contribution < 1.29 is 19.1 Å². The minimum Gasteiger partial charge on any atom is -0.463 e. The number of carbonyl (C=O) groups is 2. The fraction of sp³-hybridized carbons (Fsp3) is 0.500. The van der Waals surface area contributed by atoms with Crippen LogP contribution >= 0.6 is 23.2 Å². The van der Waals surface area contributed by atoms with E-state index in [2.05, 4.69) is 10.2 Å². The van der Waals surface area contributed by atoms with Crippen molar-refractivity contribution in [3.8, 4) is 0 Å². The average molecular weight is 442 g/mol. The number of urea groups is 1. The molecule has 9 heteroatoms. The molecule has 29 heavy (non-hydrogen) atoms. The van der Waals surface area contributed by atoms with E-state index in [9.17, 15) is 9.59 Å². The van der Waals surface area contributed by atoms with Crippen LogP contribution in [0.1, 0.15) is 25.5 Å². The van der Waals surface area contributed by atoms with Gasteiger partial charge in [-0.3, -0.25) is 9.80 Å². The number of amides is 2. The molecule has 2 aliphatic heterocycles. The van der Waals surface area contributed by atoms with Gasteiger partial charge in [-0.1, -0.05) is 29.3 Å². The van der Waals surface area contributed by atoms with Gasteiger partial charge in [0.05, 0.1) is 41.5 Å². The number of esters is 1. The molecule has 158 valence electrons. The van der Waals surface area contributed by atoms with Crippen LogP contribution in [0.15, 0.2) is 29.5 Å². The molecule has 1 N–H and O–H groups in total. The van der Waals surface area contributed by atoms with Crippen LogP contribution in [-0.4, -0.2) is 67.8 Å². The smallest absolute Gasteiger partial charge is 0.338 e. The van der Waals surface area contributed by atoms with E-state index in [1.54, 1.807) is 30.0 Å². The van der Waals surface area contributed by atoms with E-state index in [0.717, 1.165) is 13.1 Å². The topological polar surface area (TPSA) is 71.1 Å². The minimum atomic E-state index is -0.671. The molecule has 0 saturated carbocycles. The van der Waals surface area contributed by atoms with E-state index in [1.807, 2.05) is 6.92 Å². The summed E-state index contributed by atoms with van der Waals surface area (Å²) in [6.45, 7) is 7.47. The highest BCUT2D eigenvalue weighted by Gasteiger charge is 2.38. The lowest BCUT2D eigenvalue weighted by atomic mass is 9.94. The molecule has 1 aromatic rings. The molecule has 2 amide bonds. The summed E-state index contributed by atoms with van der Waals surface area (Å²) in [7, 11) is 0. The van der Waals surface area contributed by atoms with Crippen molar-refractivity contribution in [2.75, 3.05) is 46.0 Å². The molecule has 0 spiro atoms. The Bertz CT molecular complexity index is 809. The molecular formula is C20H25Cl2N3O4. The van der Waals surface area contributed by atoms with Crippen LogP contribution in [0.4, 0.5) is 4.79 Å². The first-order valence-corrected chi connectivity index (χ1v) is 10.4. The monoisotopic (exact) mass is 441 g/mol. The van der Waals surface area contributed by atoms with Crippen molar-refractivity contribution in [2.24, 2.45) is 0 Å². The lowest BCUT2D eigenvalue weighted by Gasteiger charge is -2.38. The van der Waals surface area contributed by atoms with Gasteiger partial charge in [0, 0.05) is 31.9 Å². The maximum Gasteiger partial charge on any atom is 0.338 e. The number of morpholine rings is 1.